The first-order chi connectivity index (χ1) is 8.95. The maximum absolute atomic E-state index is 11.5. The normalized spacial score (nSPS) is 11.8. The first kappa shape index (κ1) is 17.9. The Balaban J connectivity index is 3.67. The number of carbonyl (C=O) groups excluding carboxylic acids is 2. The van der Waals surface area contributed by atoms with E-state index in [-0.39, 0.29) is 18.4 Å². The summed E-state index contributed by atoms with van der Waals surface area (Å²) in [4.78, 5) is 22.8. The summed E-state index contributed by atoms with van der Waals surface area (Å²) >= 11 is 0. The number of carbonyl (C=O) groups is 2. The van der Waals surface area contributed by atoms with Crippen LogP contribution < -0.4 is 0 Å². The highest BCUT2D eigenvalue weighted by molar-refractivity contribution is 5.78. The van der Waals surface area contributed by atoms with Crippen molar-refractivity contribution in [1.29, 1.82) is 0 Å². The number of hydrogen-bond acceptors (Lipinski definition) is 3. The number of allylic oxidation sites excluding steroid dienone is 2. The summed E-state index contributed by atoms with van der Waals surface area (Å²) in [5, 5.41) is 0. The minimum atomic E-state index is -0.186. The van der Waals surface area contributed by atoms with Crippen molar-refractivity contribution in [2.75, 3.05) is 6.61 Å². The third kappa shape index (κ3) is 11.7. The molecule has 0 rings (SSSR count). The van der Waals surface area contributed by atoms with Gasteiger partial charge in [0.05, 0.1) is 6.61 Å². The van der Waals surface area contributed by atoms with Gasteiger partial charge in [-0.25, -0.2) is 0 Å². The van der Waals surface area contributed by atoms with Gasteiger partial charge in [-0.2, -0.15) is 0 Å². The average molecular weight is 268 g/mol. The molecule has 0 saturated heterocycles. The van der Waals surface area contributed by atoms with Crippen LogP contribution in [0.25, 0.3) is 0 Å². The van der Waals surface area contributed by atoms with Gasteiger partial charge in [0.1, 0.15) is 5.78 Å². The second kappa shape index (κ2) is 10.8. The van der Waals surface area contributed by atoms with E-state index in [0.717, 1.165) is 19.3 Å². The Bertz CT molecular complexity index is 301. The lowest BCUT2D eigenvalue weighted by molar-refractivity contribution is -0.145. The molecular formula is C16H28O3. The molecule has 19 heavy (non-hydrogen) atoms. The van der Waals surface area contributed by atoms with Gasteiger partial charge in [-0.05, 0) is 39.0 Å². The van der Waals surface area contributed by atoms with Crippen LogP contribution in [0.4, 0.5) is 0 Å². The number of ether oxygens (including phenoxy) is 1. The smallest absolute Gasteiger partial charge is 0.306 e. The third-order valence-corrected chi connectivity index (χ3v) is 2.90. The minimum Gasteiger partial charge on any atom is -0.465 e. The predicted molar refractivity (Wildman–Crippen MR) is 77.9 cm³/mol. The van der Waals surface area contributed by atoms with Crippen LogP contribution in [-0.4, -0.2) is 18.4 Å². The molecule has 0 N–H and O–H groups in total. The minimum absolute atomic E-state index is 0.173. The van der Waals surface area contributed by atoms with Gasteiger partial charge in [0.15, 0.2) is 0 Å². The highest BCUT2D eigenvalue weighted by Gasteiger charge is 2.10. The van der Waals surface area contributed by atoms with E-state index < -0.39 is 0 Å². The number of ketones is 1. The van der Waals surface area contributed by atoms with E-state index in [1.807, 2.05) is 6.92 Å². The van der Waals surface area contributed by atoms with Crippen LogP contribution in [0.2, 0.25) is 0 Å². The van der Waals surface area contributed by atoms with Crippen LogP contribution >= 0.6 is 0 Å². The van der Waals surface area contributed by atoms with Gasteiger partial charge < -0.3 is 4.74 Å². The number of rotatable bonds is 10. The van der Waals surface area contributed by atoms with Crippen LogP contribution in [0, 0.1) is 5.92 Å². The summed E-state index contributed by atoms with van der Waals surface area (Å²) in [6.45, 7) is 8.41. The zero-order valence-electron chi connectivity index (χ0n) is 12.8. The fourth-order valence-electron chi connectivity index (χ4n) is 1.78. The second-order valence-corrected chi connectivity index (χ2v) is 5.43. The number of hydrogen-bond donors (Lipinski definition) is 0. The molecule has 0 spiro atoms. The summed E-state index contributed by atoms with van der Waals surface area (Å²) in [5.41, 5.74) is 1.31. The molecule has 0 aliphatic carbocycles. The van der Waals surface area contributed by atoms with Crippen LogP contribution in [-0.2, 0) is 14.3 Å². The van der Waals surface area contributed by atoms with Gasteiger partial charge in [-0.3, -0.25) is 9.59 Å². The van der Waals surface area contributed by atoms with E-state index in [0.29, 0.717) is 25.2 Å². The van der Waals surface area contributed by atoms with Crippen LogP contribution in [0.15, 0.2) is 11.6 Å². The SMILES string of the molecule is CCCC(=O)CCOC(=O)CC(C)CCC=C(C)C. The van der Waals surface area contributed by atoms with E-state index in [2.05, 4.69) is 26.8 Å². The molecular weight excluding hydrogens is 240 g/mol. The molecule has 3 nitrogen and oxygen atoms in total. The van der Waals surface area contributed by atoms with Crippen molar-refractivity contribution in [3.8, 4) is 0 Å². The zero-order chi connectivity index (χ0) is 14.7. The maximum atomic E-state index is 11.5. The molecule has 1 unspecified atom stereocenters. The zero-order valence-corrected chi connectivity index (χ0v) is 12.8. The van der Waals surface area contributed by atoms with Gasteiger partial charge in [0.25, 0.3) is 0 Å². The Morgan fingerprint density at radius 3 is 2.47 bits per heavy atom. The molecule has 0 aliphatic heterocycles. The Labute approximate surface area is 117 Å². The van der Waals surface area contributed by atoms with Gasteiger partial charge in [0.2, 0.25) is 0 Å². The Hall–Kier alpha value is -1.12. The van der Waals surface area contributed by atoms with Crippen molar-refractivity contribution in [2.24, 2.45) is 5.92 Å². The number of esters is 1. The summed E-state index contributed by atoms with van der Waals surface area (Å²) in [6.07, 6.45) is 6.42. The molecule has 0 amide bonds. The molecule has 0 heterocycles. The van der Waals surface area contributed by atoms with Crippen LogP contribution in [0.5, 0.6) is 0 Å². The van der Waals surface area contributed by atoms with Crippen LogP contribution in [0.3, 0.4) is 0 Å². The van der Waals surface area contributed by atoms with Crippen molar-refractivity contribution in [3.63, 3.8) is 0 Å². The highest BCUT2D eigenvalue weighted by atomic mass is 16.5. The highest BCUT2D eigenvalue weighted by Crippen LogP contribution is 2.12. The van der Waals surface area contributed by atoms with Gasteiger partial charge in [-0.1, -0.05) is 25.5 Å². The lowest BCUT2D eigenvalue weighted by atomic mass is 10.0. The largest absolute Gasteiger partial charge is 0.465 e. The fourth-order valence-corrected chi connectivity index (χ4v) is 1.78. The number of Topliss-reactive ketones (excluding diaryl/α,β-unsaturated/α-hetero) is 1. The summed E-state index contributed by atoms with van der Waals surface area (Å²) in [5.74, 6) is 0.315. The van der Waals surface area contributed by atoms with E-state index in [9.17, 15) is 9.59 Å². The molecule has 0 aromatic rings. The Morgan fingerprint density at radius 1 is 1.21 bits per heavy atom. The molecule has 0 radical (unpaired) electrons. The van der Waals surface area contributed by atoms with Crippen molar-refractivity contribution in [1.82, 2.24) is 0 Å². The fraction of sp³-hybridized carbons (Fsp3) is 0.750. The molecule has 110 valence electrons. The molecule has 0 aromatic heterocycles. The third-order valence-electron chi connectivity index (χ3n) is 2.90. The van der Waals surface area contributed by atoms with Gasteiger partial charge in [0, 0.05) is 19.3 Å². The quantitative estimate of drug-likeness (QED) is 0.443. The summed E-state index contributed by atoms with van der Waals surface area (Å²) < 4.78 is 5.08. The van der Waals surface area contributed by atoms with Crippen molar-refractivity contribution >= 4 is 11.8 Å². The molecule has 3 heteroatoms. The monoisotopic (exact) mass is 268 g/mol. The van der Waals surface area contributed by atoms with Crippen molar-refractivity contribution in [3.05, 3.63) is 11.6 Å². The molecule has 0 saturated carbocycles. The topological polar surface area (TPSA) is 43.4 Å². The maximum Gasteiger partial charge on any atom is 0.306 e. The standard InChI is InChI=1S/C16H28O3/c1-5-7-15(17)10-11-19-16(18)12-14(4)9-6-8-13(2)3/h8,14H,5-7,9-12H2,1-4H3. The van der Waals surface area contributed by atoms with Gasteiger partial charge in [-0.15, -0.1) is 0 Å². The second-order valence-electron chi connectivity index (χ2n) is 5.43. The summed E-state index contributed by atoms with van der Waals surface area (Å²) in [6, 6.07) is 0. The lowest BCUT2D eigenvalue weighted by Gasteiger charge is -2.10. The van der Waals surface area contributed by atoms with E-state index in [1.54, 1.807) is 0 Å². The molecule has 1 atom stereocenters. The first-order valence-electron chi connectivity index (χ1n) is 7.26. The van der Waals surface area contributed by atoms with E-state index >= 15 is 0 Å². The molecule has 0 fully saturated rings. The van der Waals surface area contributed by atoms with Gasteiger partial charge >= 0.3 is 5.97 Å². The van der Waals surface area contributed by atoms with Crippen LogP contribution in [0.1, 0.15) is 66.2 Å². The van der Waals surface area contributed by atoms with E-state index in [4.69, 9.17) is 4.74 Å². The average Bonchev–Trinajstić information content (AvgIpc) is 2.28. The van der Waals surface area contributed by atoms with Crippen molar-refractivity contribution < 1.29 is 14.3 Å². The molecule has 0 bridgehead atoms. The molecule has 0 aromatic carbocycles. The molecule has 0 aliphatic rings. The first-order valence-corrected chi connectivity index (χ1v) is 7.26. The summed E-state index contributed by atoms with van der Waals surface area (Å²) in [7, 11) is 0. The Morgan fingerprint density at radius 2 is 1.89 bits per heavy atom. The lowest BCUT2D eigenvalue weighted by Crippen LogP contribution is -2.12. The van der Waals surface area contributed by atoms with E-state index in [1.165, 1.54) is 5.57 Å². The Kier molecular flexibility index (Phi) is 10.1. The predicted octanol–water partition coefficient (Wildman–Crippen LogP) is 4.06. The van der Waals surface area contributed by atoms with Crippen molar-refractivity contribution in [2.45, 2.75) is 66.2 Å².